The van der Waals surface area contributed by atoms with E-state index in [1.54, 1.807) is 4.90 Å². The third-order valence-electron chi connectivity index (χ3n) is 4.28. The van der Waals surface area contributed by atoms with Crippen LogP contribution in [0.25, 0.3) is 0 Å². The molecule has 118 valence electrons. The van der Waals surface area contributed by atoms with Crippen LogP contribution in [0.15, 0.2) is 42.5 Å². The Hall–Kier alpha value is -2.62. The minimum Gasteiger partial charge on any atom is -0.325 e. The highest BCUT2D eigenvalue weighted by Crippen LogP contribution is 2.27. The van der Waals surface area contributed by atoms with E-state index in [-0.39, 0.29) is 18.4 Å². The second kappa shape index (κ2) is 6.24. The van der Waals surface area contributed by atoms with E-state index in [0.717, 1.165) is 28.9 Å². The van der Waals surface area contributed by atoms with Gasteiger partial charge in [0.05, 0.1) is 0 Å². The second-order valence-corrected chi connectivity index (χ2v) is 5.96. The lowest BCUT2D eigenvalue weighted by atomic mass is 10.0. The average molecular weight is 308 g/mol. The van der Waals surface area contributed by atoms with Gasteiger partial charge >= 0.3 is 0 Å². The van der Waals surface area contributed by atoms with Crippen LogP contribution in [0.2, 0.25) is 0 Å². The summed E-state index contributed by atoms with van der Waals surface area (Å²) in [6.07, 6.45) is 1.19. The Balaban J connectivity index is 1.75. The number of fused-ring (bicyclic) bond motifs is 1. The largest absolute Gasteiger partial charge is 0.325 e. The normalized spacial score (nSPS) is 13.7. The number of nitrogens with one attached hydrogen (secondary N) is 1. The number of hydrogen-bond donors (Lipinski definition) is 1. The van der Waals surface area contributed by atoms with Crippen molar-refractivity contribution in [3.8, 4) is 0 Å². The molecule has 2 amide bonds. The third kappa shape index (κ3) is 3.26. The van der Waals surface area contributed by atoms with E-state index >= 15 is 0 Å². The lowest BCUT2D eigenvalue weighted by molar-refractivity contribution is -0.121. The third-order valence-corrected chi connectivity index (χ3v) is 4.28. The summed E-state index contributed by atoms with van der Waals surface area (Å²) < 4.78 is 0. The number of anilines is 2. The molecule has 0 unspecified atom stereocenters. The molecule has 1 N–H and O–H groups in total. The van der Waals surface area contributed by atoms with Crippen LogP contribution < -0.4 is 10.2 Å². The van der Waals surface area contributed by atoms with Crippen molar-refractivity contribution in [3.63, 3.8) is 0 Å². The van der Waals surface area contributed by atoms with Gasteiger partial charge in [-0.2, -0.15) is 0 Å². The molecule has 0 spiro atoms. The Morgan fingerprint density at radius 1 is 1.09 bits per heavy atom. The molecule has 1 aliphatic heterocycles. The van der Waals surface area contributed by atoms with Crippen molar-refractivity contribution < 1.29 is 9.59 Å². The molecule has 23 heavy (non-hydrogen) atoms. The van der Waals surface area contributed by atoms with Crippen LogP contribution >= 0.6 is 0 Å². The van der Waals surface area contributed by atoms with Crippen LogP contribution in [-0.2, 0) is 16.0 Å². The van der Waals surface area contributed by atoms with Gasteiger partial charge in [-0.3, -0.25) is 9.59 Å². The van der Waals surface area contributed by atoms with E-state index < -0.39 is 0 Å². The van der Waals surface area contributed by atoms with Crippen LogP contribution in [0.5, 0.6) is 0 Å². The highest BCUT2D eigenvalue weighted by molar-refractivity contribution is 6.04. The Morgan fingerprint density at radius 2 is 1.87 bits per heavy atom. The average Bonchev–Trinajstić information content (AvgIpc) is 2.54. The molecule has 0 aliphatic carbocycles. The molecule has 4 nitrogen and oxygen atoms in total. The molecule has 2 aromatic carbocycles. The lowest BCUT2D eigenvalue weighted by Gasteiger charge is -2.28. The van der Waals surface area contributed by atoms with Crippen molar-refractivity contribution in [2.24, 2.45) is 0 Å². The first-order valence-electron chi connectivity index (χ1n) is 7.80. The molecule has 4 heteroatoms. The number of nitrogens with zero attached hydrogens (tertiary/aromatic N) is 1. The van der Waals surface area contributed by atoms with Crippen LogP contribution in [0.3, 0.4) is 0 Å². The number of rotatable bonds is 3. The molecule has 0 atom stereocenters. The SMILES string of the molecule is Cc1ccc(NC(=O)CN2C(=O)CCc3ccccc32)cc1C. The summed E-state index contributed by atoms with van der Waals surface area (Å²) in [6, 6.07) is 13.6. The lowest BCUT2D eigenvalue weighted by Crippen LogP contribution is -2.40. The van der Waals surface area contributed by atoms with Crippen LogP contribution in [0.1, 0.15) is 23.1 Å². The van der Waals surface area contributed by atoms with Crippen LogP contribution in [0.4, 0.5) is 11.4 Å². The number of benzene rings is 2. The number of hydrogen-bond acceptors (Lipinski definition) is 2. The molecular weight excluding hydrogens is 288 g/mol. The van der Waals surface area contributed by atoms with Gasteiger partial charge in [0.15, 0.2) is 0 Å². The summed E-state index contributed by atoms with van der Waals surface area (Å²) in [5, 5.41) is 2.88. The van der Waals surface area contributed by atoms with Crippen molar-refractivity contribution >= 4 is 23.2 Å². The predicted octanol–water partition coefficient (Wildman–Crippen LogP) is 3.22. The monoisotopic (exact) mass is 308 g/mol. The predicted molar refractivity (Wildman–Crippen MR) is 91.7 cm³/mol. The van der Waals surface area contributed by atoms with Gasteiger partial charge in [-0.1, -0.05) is 24.3 Å². The van der Waals surface area contributed by atoms with Crippen LogP contribution in [0, 0.1) is 13.8 Å². The highest BCUT2D eigenvalue weighted by Gasteiger charge is 2.25. The zero-order valence-corrected chi connectivity index (χ0v) is 13.4. The number of para-hydroxylation sites is 1. The van der Waals surface area contributed by atoms with Crippen molar-refractivity contribution in [2.75, 3.05) is 16.8 Å². The van der Waals surface area contributed by atoms with E-state index in [0.29, 0.717) is 6.42 Å². The van der Waals surface area contributed by atoms with Gasteiger partial charge in [-0.05, 0) is 55.2 Å². The summed E-state index contributed by atoms with van der Waals surface area (Å²) in [5.41, 5.74) is 5.03. The fourth-order valence-corrected chi connectivity index (χ4v) is 2.83. The molecule has 0 bridgehead atoms. The summed E-state index contributed by atoms with van der Waals surface area (Å²) in [5.74, 6) is -0.183. The Kier molecular flexibility index (Phi) is 4.15. The first-order chi connectivity index (χ1) is 11.0. The number of aryl methyl sites for hydroxylation is 3. The fourth-order valence-electron chi connectivity index (χ4n) is 2.83. The van der Waals surface area contributed by atoms with Gasteiger partial charge in [0.25, 0.3) is 0 Å². The first kappa shape index (κ1) is 15.3. The van der Waals surface area contributed by atoms with E-state index in [1.165, 1.54) is 5.56 Å². The molecule has 1 aliphatic rings. The summed E-state index contributed by atoms with van der Waals surface area (Å²) in [4.78, 5) is 26.1. The van der Waals surface area contributed by atoms with E-state index in [4.69, 9.17) is 0 Å². The Bertz CT molecular complexity index is 768. The zero-order valence-electron chi connectivity index (χ0n) is 13.4. The van der Waals surface area contributed by atoms with Crippen molar-refractivity contribution in [1.82, 2.24) is 0 Å². The summed E-state index contributed by atoms with van der Waals surface area (Å²) >= 11 is 0. The molecular formula is C19H20N2O2. The van der Waals surface area contributed by atoms with Crippen LogP contribution in [-0.4, -0.2) is 18.4 Å². The molecule has 0 aromatic heterocycles. The van der Waals surface area contributed by atoms with E-state index in [2.05, 4.69) is 5.32 Å². The maximum atomic E-state index is 12.3. The molecule has 0 saturated carbocycles. The molecule has 0 radical (unpaired) electrons. The Morgan fingerprint density at radius 3 is 2.65 bits per heavy atom. The highest BCUT2D eigenvalue weighted by atomic mass is 16.2. The van der Waals surface area contributed by atoms with Gasteiger partial charge in [-0.25, -0.2) is 0 Å². The van der Waals surface area contributed by atoms with Crippen molar-refractivity contribution in [2.45, 2.75) is 26.7 Å². The van der Waals surface area contributed by atoms with Gasteiger partial charge in [0.2, 0.25) is 11.8 Å². The Labute approximate surface area is 136 Å². The minimum atomic E-state index is -0.182. The molecule has 2 aromatic rings. The molecule has 1 heterocycles. The van der Waals surface area contributed by atoms with Gasteiger partial charge in [0.1, 0.15) is 6.54 Å². The van der Waals surface area contributed by atoms with E-state index in [9.17, 15) is 9.59 Å². The minimum absolute atomic E-state index is 0.000985. The maximum absolute atomic E-state index is 12.3. The number of amides is 2. The van der Waals surface area contributed by atoms with Crippen molar-refractivity contribution in [1.29, 1.82) is 0 Å². The summed E-state index contributed by atoms with van der Waals surface area (Å²) in [6.45, 7) is 4.09. The zero-order chi connectivity index (χ0) is 16.4. The molecule has 0 saturated heterocycles. The van der Waals surface area contributed by atoms with E-state index in [1.807, 2.05) is 56.3 Å². The number of carbonyl (C=O) groups is 2. The fraction of sp³-hybridized carbons (Fsp3) is 0.263. The maximum Gasteiger partial charge on any atom is 0.244 e. The van der Waals surface area contributed by atoms with Gasteiger partial charge in [0, 0.05) is 17.8 Å². The van der Waals surface area contributed by atoms with Gasteiger partial charge < -0.3 is 10.2 Å². The number of carbonyl (C=O) groups excluding carboxylic acids is 2. The summed E-state index contributed by atoms with van der Waals surface area (Å²) in [7, 11) is 0. The quantitative estimate of drug-likeness (QED) is 0.946. The van der Waals surface area contributed by atoms with Crippen molar-refractivity contribution in [3.05, 3.63) is 59.2 Å². The standard InChI is InChI=1S/C19H20N2O2/c1-13-7-9-16(11-14(13)2)20-18(22)12-21-17-6-4-3-5-15(17)8-10-19(21)23/h3-7,9,11H,8,10,12H2,1-2H3,(H,20,22). The molecule has 0 fully saturated rings. The topological polar surface area (TPSA) is 49.4 Å². The first-order valence-corrected chi connectivity index (χ1v) is 7.80. The molecule has 3 rings (SSSR count). The second-order valence-electron chi connectivity index (χ2n) is 5.96. The smallest absolute Gasteiger partial charge is 0.244 e. The van der Waals surface area contributed by atoms with Gasteiger partial charge in [-0.15, -0.1) is 0 Å².